The molecular formula is C12H18N6O2. The second-order valence-electron chi connectivity index (χ2n) is 5.29. The van der Waals surface area contributed by atoms with Crippen LogP contribution in [0, 0.1) is 5.92 Å². The second kappa shape index (κ2) is 4.78. The number of rotatable bonds is 1. The van der Waals surface area contributed by atoms with E-state index >= 15 is 0 Å². The number of fused-ring (bicyclic) bond motifs is 3. The number of primary amides is 2. The van der Waals surface area contributed by atoms with E-state index in [0.29, 0.717) is 39.1 Å². The van der Waals surface area contributed by atoms with E-state index in [4.69, 9.17) is 11.5 Å². The lowest BCUT2D eigenvalue weighted by Crippen LogP contribution is -2.39. The van der Waals surface area contributed by atoms with Gasteiger partial charge in [-0.15, -0.1) is 0 Å². The van der Waals surface area contributed by atoms with E-state index in [1.165, 1.54) is 0 Å². The number of aromatic nitrogens is 2. The summed E-state index contributed by atoms with van der Waals surface area (Å²) in [6.07, 6.45) is 0.694. The molecule has 1 atom stereocenters. The minimum atomic E-state index is -0.410. The number of nitrogens with two attached hydrogens (primary N) is 2. The van der Waals surface area contributed by atoms with Gasteiger partial charge in [0.15, 0.2) is 0 Å². The highest BCUT2D eigenvalue weighted by Crippen LogP contribution is 2.24. The van der Waals surface area contributed by atoms with Gasteiger partial charge in [-0.2, -0.15) is 5.10 Å². The van der Waals surface area contributed by atoms with Gasteiger partial charge in [-0.25, -0.2) is 4.79 Å². The van der Waals surface area contributed by atoms with Crippen LogP contribution in [-0.4, -0.2) is 39.7 Å². The maximum atomic E-state index is 11.4. The van der Waals surface area contributed by atoms with Crippen LogP contribution < -0.4 is 16.8 Å². The normalized spacial score (nSPS) is 21.8. The van der Waals surface area contributed by atoms with Crippen molar-refractivity contribution in [1.82, 2.24) is 20.0 Å². The fourth-order valence-corrected chi connectivity index (χ4v) is 2.85. The number of amides is 3. The topological polar surface area (TPSA) is 119 Å². The second-order valence-corrected chi connectivity index (χ2v) is 5.29. The maximum Gasteiger partial charge on any atom is 0.315 e. The van der Waals surface area contributed by atoms with Crippen LogP contribution in [-0.2, 0) is 30.8 Å². The molecule has 0 aromatic carbocycles. The van der Waals surface area contributed by atoms with E-state index in [1.54, 1.807) is 4.90 Å². The lowest BCUT2D eigenvalue weighted by Gasteiger charge is -2.25. The highest BCUT2D eigenvalue weighted by Gasteiger charge is 2.29. The minimum Gasteiger partial charge on any atom is -0.369 e. The van der Waals surface area contributed by atoms with E-state index in [9.17, 15) is 9.59 Å². The molecule has 8 nitrogen and oxygen atoms in total. The molecule has 0 saturated carbocycles. The summed E-state index contributed by atoms with van der Waals surface area (Å²) in [5, 5.41) is 7.79. The number of nitrogens with zero attached hydrogens (tertiary/aromatic N) is 3. The number of hydrogen-bond acceptors (Lipinski definition) is 4. The number of nitrogens with one attached hydrogen (secondary N) is 1. The molecule has 2 aliphatic heterocycles. The van der Waals surface area contributed by atoms with Crippen LogP contribution in [0.15, 0.2) is 0 Å². The third-order valence-corrected chi connectivity index (χ3v) is 4.01. The van der Waals surface area contributed by atoms with Gasteiger partial charge in [0.2, 0.25) is 5.91 Å². The van der Waals surface area contributed by atoms with Crippen LogP contribution in [0.25, 0.3) is 0 Å². The Kier molecular flexibility index (Phi) is 3.09. The third kappa shape index (κ3) is 2.11. The predicted octanol–water partition coefficient (Wildman–Crippen LogP) is -1.48. The molecule has 0 saturated heterocycles. The van der Waals surface area contributed by atoms with Crippen molar-refractivity contribution in [2.75, 3.05) is 13.1 Å². The summed E-state index contributed by atoms with van der Waals surface area (Å²) in [7, 11) is 0. The summed E-state index contributed by atoms with van der Waals surface area (Å²) >= 11 is 0. The Labute approximate surface area is 116 Å². The van der Waals surface area contributed by atoms with Crippen LogP contribution in [0.2, 0.25) is 0 Å². The van der Waals surface area contributed by atoms with E-state index in [-0.39, 0.29) is 11.8 Å². The van der Waals surface area contributed by atoms with Crippen molar-refractivity contribution in [3.05, 3.63) is 17.0 Å². The number of carbonyl (C=O) groups is 2. The lowest BCUT2D eigenvalue weighted by molar-refractivity contribution is -0.122. The molecule has 2 aliphatic rings. The molecule has 0 fully saturated rings. The fourth-order valence-electron chi connectivity index (χ4n) is 2.85. The Morgan fingerprint density at radius 3 is 2.85 bits per heavy atom. The fraction of sp³-hybridized carbons (Fsp3) is 0.583. The van der Waals surface area contributed by atoms with Crippen molar-refractivity contribution in [2.45, 2.75) is 26.1 Å². The van der Waals surface area contributed by atoms with Gasteiger partial charge < -0.3 is 21.7 Å². The van der Waals surface area contributed by atoms with Gasteiger partial charge in [0.05, 0.1) is 30.4 Å². The average Bonchev–Trinajstić information content (AvgIpc) is 2.60. The average molecular weight is 278 g/mol. The highest BCUT2D eigenvalue weighted by molar-refractivity contribution is 5.76. The Morgan fingerprint density at radius 1 is 1.35 bits per heavy atom. The first-order valence-electron chi connectivity index (χ1n) is 6.68. The highest BCUT2D eigenvalue weighted by atomic mass is 16.2. The number of hydrogen-bond donors (Lipinski definition) is 3. The molecule has 8 heteroatoms. The molecule has 0 aliphatic carbocycles. The Hall–Kier alpha value is -2.09. The Bertz CT molecular complexity index is 567. The number of urea groups is 1. The summed E-state index contributed by atoms with van der Waals surface area (Å²) in [5.74, 6) is -0.581. The Balaban J connectivity index is 1.92. The minimum absolute atomic E-state index is 0.259. The van der Waals surface area contributed by atoms with Gasteiger partial charge >= 0.3 is 6.03 Å². The van der Waals surface area contributed by atoms with E-state index < -0.39 is 6.03 Å². The monoisotopic (exact) mass is 278 g/mol. The van der Waals surface area contributed by atoms with Crippen molar-refractivity contribution in [3.8, 4) is 0 Å². The van der Waals surface area contributed by atoms with Gasteiger partial charge in [0, 0.05) is 31.6 Å². The first-order valence-corrected chi connectivity index (χ1v) is 6.68. The van der Waals surface area contributed by atoms with Gasteiger partial charge in [0.1, 0.15) is 0 Å². The van der Waals surface area contributed by atoms with E-state index in [1.807, 2.05) is 4.68 Å². The molecule has 1 aromatic heterocycles. The third-order valence-electron chi connectivity index (χ3n) is 4.01. The summed E-state index contributed by atoms with van der Waals surface area (Å²) in [6, 6.07) is -0.410. The van der Waals surface area contributed by atoms with Gasteiger partial charge in [-0.05, 0) is 0 Å². The molecule has 5 N–H and O–H groups in total. The summed E-state index contributed by atoms with van der Waals surface area (Å²) < 4.78 is 1.85. The lowest BCUT2D eigenvalue weighted by atomic mass is 10.1. The largest absolute Gasteiger partial charge is 0.369 e. The van der Waals surface area contributed by atoms with Crippen LogP contribution >= 0.6 is 0 Å². The van der Waals surface area contributed by atoms with E-state index in [0.717, 1.165) is 17.0 Å². The zero-order chi connectivity index (χ0) is 14.3. The molecule has 108 valence electrons. The maximum absolute atomic E-state index is 11.4. The van der Waals surface area contributed by atoms with Crippen molar-refractivity contribution in [3.63, 3.8) is 0 Å². The van der Waals surface area contributed by atoms with Crippen LogP contribution in [0.5, 0.6) is 0 Å². The van der Waals surface area contributed by atoms with Crippen LogP contribution in [0.4, 0.5) is 4.79 Å². The zero-order valence-corrected chi connectivity index (χ0v) is 11.1. The molecule has 0 radical (unpaired) electrons. The van der Waals surface area contributed by atoms with Crippen molar-refractivity contribution in [1.29, 1.82) is 0 Å². The van der Waals surface area contributed by atoms with Crippen LogP contribution in [0.1, 0.15) is 17.0 Å². The van der Waals surface area contributed by atoms with Crippen molar-refractivity contribution < 1.29 is 9.59 Å². The van der Waals surface area contributed by atoms with Crippen molar-refractivity contribution in [2.24, 2.45) is 17.4 Å². The molecule has 0 spiro atoms. The molecule has 1 aromatic rings. The summed E-state index contributed by atoms with van der Waals surface area (Å²) in [4.78, 5) is 24.3. The first-order chi connectivity index (χ1) is 9.56. The molecule has 3 heterocycles. The first kappa shape index (κ1) is 12.9. The van der Waals surface area contributed by atoms with Gasteiger partial charge in [-0.3, -0.25) is 9.48 Å². The molecule has 0 bridgehead atoms. The van der Waals surface area contributed by atoms with Gasteiger partial charge in [-0.1, -0.05) is 0 Å². The van der Waals surface area contributed by atoms with Crippen LogP contribution in [0.3, 0.4) is 0 Å². The van der Waals surface area contributed by atoms with E-state index in [2.05, 4.69) is 10.4 Å². The quantitative estimate of drug-likeness (QED) is 0.580. The molecular weight excluding hydrogens is 260 g/mol. The Morgan fingerprint density at radius 2 is 2.15 bits per heavy atom. The molecule has 20 heavy (non-hydrogen) atoms. The summed E-state index contributed by atoms with van der Waals surface area (Å²) in [5.41, 5.74) is 13.8. The van der Waals surface area contributed by atoms with Crippen molar-refractivity contribution >= 4 is 11.9 Å². The zero-order valence-electron chi connectivity index (χ0n) is 11.1. The smallest absolute Gasteiger partial charge is 0.315 e. The molecule has 1 unspecified atom stereocenters. The summed E-state index contributed by atoms with van der Waals surface area (Å²) in [6.45, 7) is 2.74. The van der Waals surface area contributed by atoms with Gasteiger partial charge in [0.25, 0.3) is 0 Å². The molecule has 3 amide bonds. The SMILES string of the molecule is NC(=O)C1CNCc2c3c(nn2C1)CCN(C(N)=O)C3. The molecule has 3 rings (SSSR count). The standard InChI is InChI=1S/C12H18N6O2/c13-11(19)7-3-15-4-10-8-6-17(12(14)20)2-1-9(8)16-18(10)5-7/h7,15H,1-6H2,(H2,13,19)(H2,14,20). The number of carbonyl (C=O) groups excluding carboxylic acids is 2. The predicted molar refractivity (Wildman–Crippen MR) is 70.3 cm³/mol.